The first-order valence-electron chi connectivity index (χ1n) is 9.63. The van der Waals surface area contributed by atoms with Crippen LogP contribution >= 0.6 is 0 Å². The minimum Gasteiger partial charge on any atom is -0.310 e. The molecule has 2 aromatic carbocycles. The number of rotatable bonds is 3. The van der Waals surface area contributed by atoms with Gasteiger partial charge in [0.1, 0.15) is 0 Å². The van der Waals surface area contributed by atoms with Gasteiger partial charge in [-0.05, 0) is 30.2 Å². The van der Waals surface area contributed by atoms with Crippen LogP contribution in [0.15, 0.2) is 64.2 Å². The molecule has 7 heteroatoms. The number of fused-ring (bicyclic) bond motifs is 3. The number of imidazole rings is 1. The summed E-state index contributed by atoms with van der Waals surface area (Å²) in [6, 6.07) is 17.8. The van der Waals surface area contributed by atoms with Gasteiger partial charge in [-0.1, -0.05) is 42.5 Å². The van der Waals surface area contributed by atoms with Crippen LogP contribution in [0.25, 0.3) is 11.2 Å². The molecule has 1 aliphatic rings. The third kappa shape index (κ3) is 2.61. The highest BCUT2D eigenvalue weighted by atomic mass is 16.2. The van der Waals surface area contributed by atoms with Crippen LogP contribution < -0.4 is 16.1 Å². The Kier molecular flexibility index (Phi) is 3.91. The lowest BCUT2D eigenvalue weighted by atomic mass is 10.1. The van der Waals surface area contributed by atoms with E-state index in [2.05, 4.69) is 9.88 Å². The van der Waals surface area contributed by atoms with Gasteiger partial charge < -0.3 is 9.47 Å². The van der Waals surface area contributed by atoms with Crippen LogP contribution in [0.1, 0.15) is 11.1 Å². The van der Waals surface area contributed by atoms with E-state index in [0.717, 1.165) is 23.4 Å². The highest BCUT2D eigenvalue weighted by Crippen LogP contribution is 2.31. The largest absolute Gasteiger partial charge is 0.332 e. The van der Waals surface area contributed by atoms with Crippen molar-refractivity contribution >= 4 is 22.8 Å². The van der Waals surface area contributed by atoms with Crippen molar-refractivity contribution in [3.8, 4) is 0 Å². The number of para-hydroxylation sites is 1. The van der Waals surface area contributed by atoms with Crippen molar-refractivity contribution in [2.24, 2.45) is 7.05 Å². The molecule has 0 spiro atoms. The number of anilines is 2. The number of hydrogen-bond donors (Lipinski definition) is 0. The van der Waals surface area contributed by atoms with Crippen LogP contribution in [0.3, 0.4) is 0 Å². The molecule has 0 fully saturated rings. The lowest BCUT2D eigenvalue weighted by Gasteiger charge is -2.15. The van der Waals surface area contributed by atoms with E-state index >= 15 is 0 Å². The summed E-state index contributed by atoms with van der Waals surface area (Å²) in [7, 11) is 1.67. The van der Waals surface area contributed by atoms with Crippen molar-refractivity contribution in [3.63, 3.8) is 0 Å². The maximum Gasteiger partial charge on any atom is 0.332 e. The fourth-order valence-corrected chi connectivity index (χ4v) is 4.03. The topological polar surface area (TPSA) is 65.1 Å². The van der Waals surface area contributed by atoms with E-state index in [9.17, 15) is 9.59 Å². The molecule has 0 unspecified atom stereocenters. The molecule has 1 aliphatic heterocycles. The van der Waals surface area contributed by atoms with Crippen molar-refractivity contribution in [2.75, 3.05) is 11.4 Å². The lowest BCUT2D eigenvalue weighted by molar-refractivity contribution is 0.650. The van der Waals surface area contributed by atoms with Gasteiger partial charge in [-0.15, -0.1) is 0 Å². The van der Waals surface area contributed by atoms with Crippen LogP contribution in [0.2, 0.25) is 0 Å². The Morgan fingerprint density at radius 3 is 2.45 bits per heavy atom. The molecule has 0 saturated carbocycles. The summed E-state index contributed by atoms with van der Waals surface area (Å²) in [6.07, 6.45) is 0. The molecule has 0 amide bonds. The molecule has 0 saturated heterocycles. The van der Waals surface area contributed by atoms with Crippen LogP contribution in [0.4, 0.5) is 11.6 Å². The molecule has 0 bridgehead atoms. The molecule has 4 aromatic rings. The van der Waals surface area contributed by atoms with Gasteiger partial charge in [-0.2, -0.15) is 4.98 Å². The third-order valence-electron chi connectivity index (χ3n) is 5.66. The molecular weight excluding hydrogens is 366 g/mol. The number of nitrogens with zero attached hydrogens (tertiary/aromatic N) is 5. The SMILES string of the molecule is Cc1ccccc1Cn1c(=O)c2c(nc3n2CCN3c2ccccc2)n(C)c1=O. The number of aryl methyl sites for hydroxylation is 2. The van der Waals surface area contributed by atoms with Gasteiger partial charge in [0.05, 0.1) is 6.54 Å². The van der Waals surface area contributed by atoms with Crippen molar-refractivity contribution in [3.05, 3.63) is 86.6 Å². The first-order valence-corrected chi connectivity index (χ1v) is 9.63. The number of aromatic nitrogens is 4. The maximum atomic E-state index is 13.4. The summed E-state index contributed by atoms with van der Waals surface area (Å²) in [4.78, 5) is 33.1. The zero-order valence-corrected chi connectivity index (χ0v) is 16.4. The zero-order chi connectivity index (χ0) is 20.1. The van der Waals surface area contributed by atoms with Gasteiger partial charge in [-0.3, -0.25) is 13.9 Å². The average molecular weight is 387 g/mol. The fraction of sp³-hybridized carbons (Fsp3) is 0.227. The molecule has 29 heavy (non-hydrogen) atoms. The van der Waals surface area contributed by atoms with Crippen molar-refractivity contribution in [2.45, 2.75) is 20.0 Å². The summed E-state index contributed by atoms with van der Waals surface area (Å²) in [5.41, 5.74) is 3.29. The minimum atomic E-state index is -0.353. The maximum absolute atomic E-state index is 13.4. The van der Waals surface area contributed by atoms with Gasteiger partial charge >= 0.3 is 5.69 Å². The third-order valence-corrected chi connectivity index (χ3v) is 5.66. The highest BCUT2D eigenvalue weighted by molar-refractivity contribution is 5.77. The van der Waals surface area contributed by atoms with E-state index in [0.29, 0.717) is 23.7 Å². The van der Waals surface area contributed by atoms with E-state index in [1.165, 1.54) is 9.13 Å². The molecule has 146 valence electrons. The van der Waals surface area contributed by atoms with E-state index < -0.39 is 0 Å². The summed E-state index contributed by atoms with van der Waals surface area (Å²) >= 11 is 0. The van der Waals surface area contributed by atoms with Crippen LogP contribution in [0.5, 0.6) is 0 Å². The molecule has 0 N–H and O–H groups in total. The van der Waals surface area contributed by atoms with Gasteiger partial charge in [-0.25, -0.2) is 4.79 Å². The van der Waals surface area contributed by atoms with Crippen LogP contribution in [-0.4, -0.2) is 25.2 Å². The van der Waals surface area contributed by atoms with Crippen LogP contribution in [0, 0.1) is 6.92 Å². The standard InChI is InChI=1S/C22H21N5O2/c1-15-8-6-7-9-16(15)14-27-20(28)18-19(24(2)22(27)29)23-21-25(12-13-26(18)21)17-10-4-3-5-11-17/h3-11H,12-14H2,1-2H3. The summed E-state index contributed by atoms with van der Waals surface area (Å²) in [5.74, 6) is 0.701. The normalized spacial score (nSPS) is 13.2. The van der Waals surface area contributed by atoms with Crippen molar-refractivity contribution in [1.82, 2.24) is 18.7 Å². The Bertz CT molecular complexity index is 1350. The van der Waals surface area contributed by atoms with Gasteiger partial charge in [0.25, 0.3) is 5.56 Å². The van der Waals surface area contributed by atoms with E-state index in [4.69, 9.17) is 0 Å². The van der Waals surface area contributed by atoms with Crippen molar-refractivity contribution in [1.29, 1.82) is 0 Å². The molecule has 5 rings (SSSR count). The Labute approximate surface area is 167 Å². The Morgan fingerprint density at radius 1 is 0.966 bits per heavy atom. The minimum absolute atomic E-state index is 0.247. The molecule has 0 atom stereocenters. The van der Waals surface area contributed by atoms with E-state index in [1.807, 2.05) is 66.1 Å². The Morgan fingerprint density at radius 2 is 1.69 bits per heavy atom. The molecule has 0 aliphatic carbocycles. The summed E-state index contributed by atoms with van der Waals surface area (Å²) < 4.78 is 4.72. The van der Waals surface area contributed by atoms with Crippen molar-refractivity contribution < 1.29 is 0 Å². The zero-order valence-electron chi connectivity index (χ0n) is 16.4. The Balaban J connectivity index is 1.71. The second-order valence-corrected chi connectivity index (χ2v) is 7.38. The van der Waals surface area contributed by atoms with Gasteiger partial charge in [0, 0.05) is 25.8 Å². The quantitative estimate of drug-likeness (QED) is 0.542. The molecule has 3 heterocycles. The average Bonchev–Trinajstić information content (AvgIpc) is 3.31. The fourth-order valence-electron chi connectivity index (χ4n) is 4.03. The molecule has 2 aromatic heterocycles. The predicted octanol–water partition coefficient (Wildman–Crippen LogP) is 2.41. The summed E-state index contributed by atoms with van der Waals surface area (Å²) in [5, 5.41) is 0. The second-order valence-electron chi connectivity index (χ2n) is 7.38. The second kappa shape index (κ2) is 6.48. The van der Waals surface area contributed by atoms with Gasteiger partial charge in [0.2, 0.25) is 5.95 Å². The monoisotopic (exact) mass is 387 g/mol. The Hall–Kier alpha value is -3.61. The highest BCUT2D eigenvalue weighted by Gasteiger charge is 2.28. The smallest absolute Gasteiger partial charge is 0.310 e. The lowest BCUT2D eigenvalue weighted by Crippen LogP contribution is -2.40. The predicted molar refractivity (Wildman–Crippen MR) is 113 cm³/mol. The summed E-state index contributed by atoms with van der Waals surface area (Å²) in [6.45, 7) is 3.62. The molecule has 0 radical (unpaired) electrons. The van der Waals surface area contributed by atoms with E-state index in [1.54, 1.807) is 7.05 Å². The van der Waals surface area contributed by atoms with Crippen LogP contribution in [-0.2, 0) is 20.1 Å². The molecular formula is C22H21N5O2. The number of hydrogen-bond acceptors (Lipinski definition) is 4. The first-order chi connectivity index (χ1) is 14.1. The van der Waals surface area contributed by atoms with E-state index in [-0.39, 0.29) is 17.8 Å². The first kappa shape index (κ1) is 17.5. The number of benzene rings is 2. The molecule has 7 nitrogen and oxygen atoms in total. The van der Waals surface area contributed by atoms with Gasteiger partial charge in [0.15, 0.2) is 11.2 Å².